The van der Waals surface area contributed by atoms with Gasteiger partial charge in [-0.25, -0.2) is 9.78 Å². The number of aliphatic hydroxyl groups excluding tert-OH is 1. The molecule has 0 aromatic carbocycles. The van der Waals surface area contributed by atoms with E-state index in [-0.39, 0.29) is 22.5 Å². The van der Waals surface area contributed by atoms with Crippen LogP contribution in [0.25, 0.3) is 0 Å². The quantitative estimate of drug-likeness (QED) is 0.412. The van der Waals surface area contributed by atoms with E-state index in [0.29, 0.717) is 41.9 Å². The molecule has 0 aromatic heterocycles. The Morgan fingerprint density at radius 2 is 1.68 bits per heavy atom. The lowest BCUT2D eigenvalue weighted by molar-refractivity contribution is -0.497. The minimum atomic E-state index is -0.439. The molecule has 3 saturated carbocycles. The Kier molecular flexibility index (Phi) is 5.13. The Morgan fingerprint density at radius 3 is 2.35 bits per heavy atom. The highest BCUT2D eigenvalue weighted by Crippen LogP contribution is 2.72. The summed E-state index contributed by atoms with van der Waals surface area (Å²) >= 11 is 0. The van der Waals surface area contributed by atoms with Gasteiger partial charge in [-0.05, 0) is 73.7 Å². The second-order valence-electron chi connectivity index (χ2n) is 12.7. The van der Waals surface area contributed by atoms with Gasteiger partial charge in [-0.1, -0.05) is 59.8 Å². The summed E-state index contributed by atoms with van der Waals surface area (Å²) in [6, 6.07) is 0. The number of aliphatic hydroxyl groups is 1. The van der Waals surface area contributed by atoms with Crippen molar-refractivity contribution in [2.75, 3.05) is 0 Å². The Balaban J connectivity index is 1.45. The van der Waals surface area contributed by atoms with Crippen LogP contribution < -0.4 is 0 Å². The molecule has 0 aromatic rings. The Labute approximate surface area is 189 Å². The van der Waals surface area contributed by atoms with E-state index in [9.17, 15) is 5.11 Å². The largest absolute Gasteiger partial charge is 0.393 e. The SMILES string of the molecule is CC(C)[C@@H](C)/C=C/[C@@H](C)[C@H]1CC[C@H]2[C@]1(C)CC[C@@H]1[C@]23C=C[C@]2(C[C@@H](O)CC[C@@]12C)OO3. The van der Waals surface area contributed by atoms with Crippen molar-refractivity contribution in [3.8, 4) is 0 Å². The molecule has 2 aliphatic heterocycles. The third kappa shape index (κ3) is 2.88. The summed E-state index contributed by atoms with van der Waals surface area (Å²) in [4.78, 5) is 12.8. The summed E-state index contributed by atoms with van der Waals surface area (Å²) in [6.07, 6.45) is 17.0. The first-order valence-corrected chi connectivity index (χ1v) is 13.0. The average molecular weight is 429 g/mol. The monoisotopic (exact) mass is 428 g/mol. The van der Waals surface area contributed by atoms with Gasteiger partial charge in [0.25, 0.3) is 0 Å². The lowest BCUT2D eigenvalue weighted by atomic mass is 9.43. The van der Waals surface area contributed by atoms with Crippen molar-refractivity contribution in [2.45, 2.75) is 104 Å². The molecule has 0 radical (unpaired) electrons. The zero-order chi connectivity index (χ0) is 22.2. The summed E-state index contributed by atoms with van der Waals surface area (Å²) in [5.74, 6) is 3.64. The van der Waals surface area contributed by atoms with Crippen molar-refractivity contribution in [1.29, 1.82) is 0 Å². The zero-order valence-corrected chi connectivity index (χ0v) is 20.6. The fourth-order valence-electron chi connectivity index (χ4n) is 8.71. The Hall–Kier alpha value is -0.640. The summed E-state index contributed by atoms with van der Waals surface area (Å²) < 4.78 is 0. The third-order valence-corrected chi connectivity index (χ3v) is 11.1. The summed E-state index contributed by atoms with van der Waals surface area (Å²) in [5, 5.41) is 10.4. The van der Waals surface area contributed by atoms with Crippen LogP contribution in [-0.2, 0) is 9.78 Å². The predicted octanol–water partition coefficient (Wildman–Crippen LogP) is 6.47. The van der Waals surface area contributed by atoms with Crippen LogP contribution in [0.3, 0.4) is 0 Å². The van der Waals surface area contributed by atoms with Crippen molar-refractivity contribution >= 4 is 0 Å². The fourth-order valence-corrected chi connectivity index (χ4v) is 8.71. The average Bonchev–Trinajstić information content (AvgIpc) is 3.09. The molecule has 2 heterocycles. The highest BCUT2D eigenvalue weighted by molar-refractivity contribution is 5.33. The molecule has 3 heteroatoms. The lowest BCUT2D eigenvalue weighted by Gasteiger charge is -2.69. The molecule has 2 spiro atoms. The van der Waals surface area contributed by atoms with Crippen molar-refractivity contribution in [1.82, 2.24) is 0 Å². The van der Waals surface area contributed by atoms with Crippen molar-refractivity contribution < 1.29 is 14.9 Å². The molecule has 6 rings (SSSR count). The Bertz CT molecular complexity index is 772. The molecule has 0 amide bonds. The molecule has 31 heavy (non-hydrogen) atoms. The van der Waals surface area contributed by atoms with Crippen molar-refractivity contribution in [2.24, 2.45) is 46.3 Å². The smallest absolute Gasteiger partial charge is 0.130 e. The normalized spacial score (nSPS) is 52.8. The van der Waals surface area contributed by atoms with Crippen LogP contribution in [-0.4, -0.2) is 22.4 Å². The molecular formula is C28H44O3. The van der Waals surface area contributed by atoms with Crippen LogP contribution in [0.1, 0.15) is 86.5 Å². The first-order valence-electron chi connectivity index (χ1n) is 13.0. The molecule has 174 valence electrons. The number of hydrogen-bond acceptors (Lipinski definition) is 3. The van der Waals surface area contributed by atoms with Gasteiger partial charge in [0, 0.05) is 23.7 Å². The van der Waals surface area contributed by atoms with Crippen LogP contribution in [0.15, 0.2) is 24.3 Å². The van der Waals surface area contributed by atoms with E-state index in [0.717, 1.165) is 12.8 Å². The first-order chi connectivity index (χ1) is 14.6. The second-order valence-corrected chi connectivity index (χ2v) is 12.7. The summed E-state index contributed by atoms with van der Waals surface area (Å²) in [7, 11) is 0. The van der Waals surface area contributed by atoms with E-state index in [1.807, 2.05) is 0 Å². The van der Waals surface area contributed by atoms with E-state index in [1.165, 1.54) is 25.7 Å². The molecule has 4 fully saturated rings. The van der Waals surface area contributed by atoms with E-state index < -0.39 is 5.60 Å². The van der Waals surface area contributed by atoms with E-state index in [2.05, 4.69) is 65.8 Å². The minimum Gasteiger partial charge on any atom is -0.393 e. The highest BCUT2D eigenvalue weighted by atomic mass is 17.2. The van der Waals surface area contributed by atoms with E-state index in [1.54, 1.807) is 0 Å². The molecule has 2 bridgehead atoms. The molecule has 10 atom stereocenters. The van der Waals surface area contributed by atoms with E-state index in [4.69, 9.17) is 9.78 Å². The summed E-state index contributed by atoms with van der Waals surface area (Å²) in [5.41, 5.74) is -0.366. The highest BCUT2D eigenvalue weighted by Gasteiger charge is 2.74. The Morgan fingerprint density at radius 1 is 0.903 bits per heavy atom. The molecule has 6 aliphatic rings. The van der Waals surface area contributed by atoms with Crippen molar-refractivity contribution in [3.63, 3.8) is 0 Å². The second kappa shape index (κ2) is 7.18. The predicted molar refractivity (Wildman–Crippen MR) is 124 cm³/mol. The molecule has 3 nitrogen and oxygen atoms in total. The zero-order valence-electron chi connectivity index (χ0n) is 20.6. The standard InChI is InChI=1S/C28H44O3/c1-18(2)19(3)7-8-20(4)22-9-10-23-25(22,5)13-12-24-26(6)14-11-21(29)17-27(26)15-16-28(23,24)31-30-27/h7-8,15-16,18-24,29H,9-14,17H2,1-6H3/b8-7+/t19-,20+,21-,22+,23-,24-,25+,26-,27+,28-/m0/s1. The first kappa shape index (κ1) is 22.2. The third-order valence-electron chi connectivity index (χ3n) is 11.1. The van der Waals surface area contributed by atoms with E-state index >= 15 is 0 Å². The topological polar surface area (TPSA) is 38.7 Å². The van der Waals surface area contributed by atoms with Gasteiger partial charge in [-0.2, -0.15) is 0 Å². The maximum Gasteiger partial charge on any atom is 0.130 e. The van der Waals surface area contributed by atoms with Gasteiger partial charge in [0.2, 0.25) is 0 Å². The van der Waals surface area contributed by atoms with Gasteiger partial charge in [0.05, 0.1) is 6.10 Å². The van der Waals surface area contributed by atoms with Gasteiger partial charge in [-0.15, -0.1) is 0 Å². The number of allylic oxidation sites excluding steroid dienone is 2. The number of fused-ring (bicyclic) bond motifs is 2. The van der Waals surface area contributed by atoms with Crippen LogP contribution in [0, 0.1) is 46.3 Å². The molecule has 0 unspecified atom stereocenters. The molecule has 4 aliphatic carbocycles. The number of rotatable bonds is 4. The van der Waals surface area contributed by atoms with Gasteiger partial charge in [0.1, 0.15) is 11.2 Å². The fraction of sp³-hybridized carbons (Fsp3) is 0.857. The lowest BCUT2D eigenvalue weighted by Crippen LogP contribution is -2.73. The van der Waals surface area contributed by atoms with Gasteiger partial charge in [-0.3, -0.25) is 0 Å². The maximum absolute atomic E-state index is 10.4. The maximum atomic E-state index is 10.4. The van der Waals surface area contributed by atoms with Crippen LogP contribution in [0.5, 0.6) is 0 Å². The van der Waals surface area contributed by atoms with Gasteiger partial charge >= 0.3 is 0 Å². The van der Waals surface area contributed by atoms with Crippen LogP contribution in [0.4, 0.5) is 0 Å². The van der Waals surface area contributed by atoms with Crippen LogP contribution in [0.2, 0.25) is 0 Å². The molecule has 1 N–H and O–H groups in total. The summed E-state index contributed by atoms with van der Waals surface area (Å²) in [6.45, 7) is 14.4. The molecular weight excluding hydrogens is 384 g/mol. The molecule has 1 saturated heterocycles. The van der Waals surface area contributed by atoms with Crippen molar-refractivity contribution in [3.05, 3.63) is 24.3 Å². The number of hydrogen-bond donors (Lipinski definition) is 1. The van der Waals surface area contributed by atoms with Gasteiger partial charge in [0.15, 0.2) is 0 Å². The minimum absolute atomic E-state index is 0.0663. The van der Waals surface area contributed by atoms with Gasteiger partial charge < -0.3 is 5.11 Å². The van der Waals surface area contributed by atoms with Crippen LogP contribution >= 0.6 is 0 Å².